The first-order valence-corrected chi connectivity index (χ1v) is 10.2. The normalized spacial score (nSPS) is 26.1. The number of aromatic carboxylic acids is 1. The largest absolute Gasteiger partial charge is 0.488 e. The molecule has 7 nitrogen and oxygen atoms in total. The zero-order chi connectivity index (χ0) is 21.5. The summed E-state index contributed by atoms with van der Waals surface area (Å²) in [6, 6.07) is 13.7. The Morgan fingerprint density at radius 2 is 1.68 bits per heavy atom. The van der Waals surface area contributed by atoms with Crippen molar-refractivity contribution in [3.8, 4) is 5.75 Å². The summed E-state index contributed by atoms with van der Waals surface area (Å²) in [5, 5.41) is 14.2. The number of carboxylic acid groups (broad SMARTS) is 1. The lowest BCUT2D eigenvalue weighted by atomic mass is 9.85. The summed E-state index contributed by atoms with van der Waals surface area (Å²) in [7, 11) is 0. The number of hydrogen-bond donors (Lipinski definition) is 1. The quantitative estimate of drug-likeness (QED) is 0.443. The van der Waals surface area contributed by atoms with Crippen molar-refractivity contribution in [2.45, 2.75) is 13.0 Å². The predicted octanol–water partition coefficient (Wildman–Crippen LogP) is 3.10. The number of imide groups is 1. The average molecular weight is 416 g/mol. The molecule has 4 atom stereocenters. The summed E-state index contributed by atoms with van der Waals surface area (Å²) < 4.78 is 5.87. The lowest BCUT2D eigenvalue weighted by Crippen LogP contribution is -2.28. The molecule has 2 amide bonds. The van der Waals surface area contributed by atoms with Gasteiger partial charge in [0.15, 0.2) is 0 Å². The van der Waals surface area contributed by atoms with Gasteiger partial charge in [0.1, 0.15) is 12.4 Å². The molecular weight excluding hydrogens is 396 g/mol. The molecule has 1 saturated carbocycles. The van der Waals surface area contributed by atoms with Crippen LogP contribution < -0.4 is 4.74 Å². The predicted molar refractivity (Wildman–Crippen MR) is 111 cm³/mol. The van der Waals surface area contributed by atoms with Gasteiger partial charge in [-0.05, 0) is 48.1 Å². The van der Waals surface area contributed by atoms with Crippen molar-refractivity contribution in [2.75, 3.05) is 0 Å². The van der Waals surface area contributed by atoms with Gasteiger partial charge in [-0.15, -0.1) is 0 Å². The third kappa shape index (κ3) is 3.32. The molecule has 1 saturated heterocycles. The number of benzene rings is 2. The molecule has 1 N–H and O–H groups in total. The van der Waals surface area contributed by atoms with Crippen molar-refractivity contribution >= 4 is 24.0 Å². The number of hydrogen-bond acceptors (Lipinski definition) is 5. The van der Waals surface area contributed by atoms with E-state index in [1.165, 1.54) is 18.3 Å². The van der Waals surface area contributed by atoms with Crippen LogP contribution in [0.1, 0.15) is 27.9 Å². The maximum atomic E-state index is 12.8. The third-order valence-electron chi connectivity index (χ3n) is 6.27. The van der Waals surface area contributed by atoms with Crippen LogP contribution in [-0.2, 0) is 16.2 Å². The minimum Gasteiger partial charge on any atom is -0.488 e. The minimum atomic E-state index is -0.979. The summed E-state index contributed by atoms with van der Waals surface area (Å²) in [5.41, 5.74) is 1.67. The average Bonchev–Trinajstić information content (AvgIpc) is 3.46. The monoisotopic (exact) mass is 416 g/mol. The zero-order valence-corrected chi connectivity index (χ0v) is 16.5. The molecule has 2 fully saturated rings. The van der Waals surface area contributed by atoms with E-state index in [-0.39, 0.29) is 47.7 Å². The SMILES string of the molecule is O=C(O)c1ccc(COc2ccccc2C=NN2C(=O)C3C4C=CC(C4)C3C2=O)cc1. The summed E-state index contributed by atoms with van der Waals surface area (Å²) >= 11 is 0. The Balaban J connectivity index is 1.30. The summed E-state index contributed by atoms with van der Waals surface area (Å²) in [6.45, 7) is 0.242. The minimum absolute atomic E-state index is 0.148. The lowest BCUT2D eigenvalue weighted by molar-refractivity contribution is -0.140. The highest BCUT2D eigenvalue weighted by molar-refractivity contribution is 6.06. The van der Waals surface area contributed by atoms with E-state index in [0.717, 1.165) is 17.0 Å². The molecule has 2 aromatic rings. The highest BCUT2D eigenvalue weighted by Gasteiger charge is 2.59. The highest BCUT2D eigenvalue weighted by Crippen LogP contribution is 2.52. The Hall–Kier alpha value is -3.74. The number of amides is 2. The zero-order valence-electron chi connectivity index (χ0n) is 16.5. The van der Waals surface area contributed by atoms with Crippen molar-refractivity contribution in [1.29, 1.82) is 0 Å². The standard InChI is InChI=1S/C24H20N2O5/c27-22-20-16-9-10-17(11-16)21(20)23(28)26(22)25-12-18-3-1-2-4-19(18)31-13-14-5-7-15(8-6-14)24(29)30/h1-10,12,16-17,20-21H,11,13H2,(H,29,30). The number of allylic oxidation sites excluding steroid dienone is 2. The number of para-hydroxylation sites is 1. The molecule has 0 radical (unpaired) electrons. The molecule has 2 aliphatic carbocycles. The number of ether oxygens (including phenoxy) is 1. The van der Waals surface area contributed by atoms with Crippen LogP contribution in [0.4, 0.5) is 0 Å². The van der Waals surface area contributed by atoms with E-state index < -0.39 is 5.97 Å². The summed E-state index contributed by atoms with van der Waals surface area (Å²) in [5.74, 6) is -1.13. The van der Waals surface area contributed by atoms with Crippen molar-refractivity contribution in [2.24, 2.45) is 28.8 Å². The molecule has 7 heteroatoms. The Labute approximate surface area is 178 Å². The van der Waals surface area contributed by atoms with Crippen LogP contribution in [0.5, 0.6) is 5.75 Å². The number of hydrazone groups is 1. The summed E-state index contributed by atoms with van der Waals surface area (Å²) in [4.78, 5) is 36.5. The number of carbonyl (C=O) groups excluding carboxylic acids is 2. The first kappa shape index (κ1) is 19.2. The van der Waals surface area contributed by atoms with Gasteiger partial charge in [-0.2, -0.15) is 10.1 Å². The first-order chi connectivity index (χ1) is 15.0. The van der Waals surface area contributed by atoms with E-state index in [1.54, 1.807) is 24.3 Å². The second kappa shape index (κ2) is 7.50. The number of nitrogens with zero attached hydrogens (tertiary/aromatic N) is 2. The second-order valence-electron chi connectivity index (χ2n) is 8.06. The molecule has 5 rings (SSSR count). The van der Waals surface area contributed by atoms with Crippen molar-refractivity contribution in [1.82, 2.24) is 5.01 Å². The van der Waals surface area contributed by atoms with Crippen molar-refractivity contribution in [3.05, 3.63) is 77.4 Å². The van der Waals surface area contributed by atoms with Crippen LogP contribution in [0.15, 0.2) is 65.8 Å². The van der Waals surface area contributed by atoms with Crippen LogP contribution >= 0.6 is 0 Å². The van der Waals surface area contributed by atoms with Gasteiger partial charge in [0.25, 0.3) is 11.8 Å². The molecule has 2 bridgehead atoms. The van der Waals surface area contributed by atoms with Gasteiger partial charge in [0, 0.05) is 5.56 Å². The summed E-state index contributed by atoms with van der Waals surface area (Å²) in [6.07, 6.45) is 6.47. The van der Waals surface area contributed by atoms with Crippen LogP contribution in [0.25, 0.3) is 0 Å². The fourth-order valence-corrected chi connectivity index (χ4v) is 4.74. The van der Waals surface area contributed by atoms with E-state index in [4.69, 9.17) is 9.84 Å². The fourth-order valence-electron chi connectivity index (χ4n) is 4.74. The molecule has 31 heavy (non-hydrogen) atoms. The number of carbonyl (C=O) groups is 3. The number of carboxylic acids is 1. The Morgan fingerprint density at radius 3 is 2.32 bits per heavy atom. The van der Waals surface area contributed by atoms with E-state index in [9.17, 15) is 14.4 Å². The Kier molecular flexibility index (Phi) is 4.66. The molecule has 1 aliphatic heterocycles. The second-order valence-corrected chi connectivity index (χ2v) is 8.06. The van der Waals surface area contributed by atoms with Crippen molar-refractivity contribution in [3.63, 3.8) is 0 Å². The van der Waals surface area contributed by atoms with Crippen LogP contribution in [-0.4, -0.2) is 34.1 Å². The number of fused-ring (bicyclic) bond motifs is 5. The maximum Gasteiger partial charge on any atom is 0.335 e. The molecule has 4 unspecified atom stereocenters. The topological polar surface area (TPSA) is 96.3 Å². The molecular formula is C24H20N2O5. The van der Waals surface area contributed by atoms with Gasteiger partial charge in [0.05, 0.1) is 23.6 Å². The van der Waals surface area contributed by atoms with E-state index in [1.807, 2.05) is 12.1 Å². The Morgan fingerprint density at radius 1 is 1.03 bits per heavy atom. The van der Waals surface area contributed by atoms with Gasteiger partial charge < -0.3 is 9.84 Å². The maximum absolute atomic E-state index is 12.8. The molecule has 156 valence electrons. The van der Waals surface area contributed by atoms with E-state index >= 15 is 0 Å². The fraction of sp³-hybridized carbons (Fsp3) is 0.250. The van der Waals surface area contributed by atoms with E-state index in [0.29, 0.717) is 11.3 Å². The molecule has 1 heterocycles. The molecule has 0 aromatic heterocycles. The highest BCUT2D eigenvalue weighted by atomic mass is 16.5. The molecule has 0 spiro atoms. The smallest absolute Gasteiger partial charge is 0.335 e. The van der Waals surface area contributed by atoms with Crippen molar-refractivity contribution < 1.29 is 24.2 Å². The van der Waals surface area contributed by atoms with Crippen LogP contribution in [0.3, 0.4) is 0 Å². The van der Waals surface area contributed by atoms with Gasteiger partial charge in [-0.25, -0.2) is 4.79 Å². The lowest BCUT2D eigenvalue weighted by Gasteiger charge is -2.13. The molecule has 2 aromatic carbocycles. The third-order valence-corrected chi connectivity index (χ3v) is 6.27. The van der Waals surface area contributed by atoms with Crippen LogP contribution in [0.2, 0.25) is 0 Å². The number of rotatable bonds is 6. The van der Waals surface area contributed by atoms with Gasteiger partial charge >= 0.3 is 5.97 Å². The van der Waals surface area contributed by atoms with Gasteiger partial charge in [0.2, 0.25) is 0 Å². The van der Waals surface area contributed by atoms with E-state index in [2.05, 4.69) is 17.3 Å². The first-order valence-electron chi connectivity index (χ1n) is 10.2. The van der Waals surface area contributed by atoms with Gasteiger partial charge in [-0.1, -0.05) is 36.4 Å². The van der Waals surface area contributed by atoms with Gasteiger partial charge in [-0.3, -0.25) is 9.59 Å². The molecule has 3 aliphatic rings. The Bertz CT molecular complexity index is 1090. The van der Waals surface area contributed by atoms with Crippen LogP contribution in [0, 0.1) is 23.7 Å².